The molecule has 1 atom stereocenters. The molecule has 1 N–H and O–H groups in total. The Morgan fingerprint density at radius 2 is 2.15 bits per heavy atom. The van der Waals surface area contributed by atoms with Crippen LogP contribution in [0.15, 0.2) is 34.2 Å². The zero-order valence-electron chi connectivity index (χ0n) is 11.5. The van der Waals surface area contributed by atoms with E-state index in [2.05, 4.69) is 17.2 Å². The zero-order valence-corrected chi connectivity index (χ0v) is 12.3. The topological polar surface area (TPSA) is 61.8 Å². The van der Waals surface area contributed by atoms with Crippen LogP contribution in [0.2, 0.25) is 0 Å². The molecule has 6 heteroatoms. The van der Waals surface area contributed by atoms with Gasteiger partial charge in [-0.1, -0.05) is 19.1 Å². The van der Waals surface area contributed by atoms with E-state index in [0.29, 0.717) is 23.2 Å². The normalized spacial score (nSPS) is 21.6. The fourth-order valence-corrected chi connectivity index (χ4v) is 3.78. The minimum Gasteiger partial charge on any atom is -0.314 e. The molecule has 0 saturated heterocycles. The van der Waals surface area contributed by atoms with Crippen molar-refractivity contribution >= 4 is 22.0 Å². The van der Waals surface area contributed by atoms with E-state index in [1.165, 1.54) is 23.5 Å². The van der Waals surface area contributed by atoms with Gasteiger partial charge in [0.2, 0.25) is 0 Å². The largest absolute Gasteiger partial charge is 0.314 e. The van der Waals surface area contributed by atoms with Gasteiger partial charge in [-0.2, -0.15) is 0 Å². The van der Waals surface area contributed by atoms with E-state index in [1.54, 1.807) is 24.3 Å². The number of nitrogens with one attached hydrogen (secondary N) is 1. The standard InChI is InChI=1S/C14H19N3O2S/c1-11(8-15-12-6-7-12)9-17-10-16-13-4-2-3-5-14(13)20(17,18)19/h2-5,10-12,15H,6-9H2,1H3. The van der Waals surface area contributed by atoms with Gasteiger partial charge in [0, 0.05) is 12.6 Å². The maximum absolute atomic E-state index is 12.5. The van der Waals surface area contributed by atoms with Gasteiger partial charge in [-0.25, -0.2) is 13.4 Å². The van der Waals surface area contributed by atoms with Crippen molar-refractivity contribution in [2.45, 2.75) is 30.7 Å². The van der Waals surface area contributed by atoms with Crippen molar-refractivity contribution in [1.82, 2.24) is 9.62 Å². The highest BCUT2D eigenvalue weighted by Gasteiger charge is 2.29. The van der Waals surface area contributed by atoms with Crippen LogP contribution in [0.4, 0.5) is 5.69 Å². The molecule has 0 aromatic heterocycles. The average Bonchev–Trinajstić information content (AvgIpc) is 3.24. The lowest BCUT2D eigenvalue weighted by atomic mass is 10.2. The monoisotopic (exact) mass is 293 g/mol. The summed E-state index contributed by atoms with van der Waals surface area (Å²) in [6, 6.07) is 7.50. The Balaban J connectivity index is 1.71. The van der Waals surface area contributed by atoms with Gasteiger partial charge in [-0.15, -0.1) is 0 Å². The fourth-order valence-electron chi connectivity index (χ4n) is 2.27. The Labute approximate surface area is 119 Å². The number of para-hydroxylation sites is 1. The number of fused-ring (bicyclic) bond motifs is 1. The van der Waals surface area contributed by atoms with Crippen molar-refractivity contribution in [3.8, 4) is 0 Å². The van der Waals surface area contributed by atoms with Gasteiger partial charge in [-0.05, 0) is 37.4 Å². The summed E-state index contributed by atoms with van der Waals surface area (Å²) in [5.41, 5.74) is 0.521. The number of aliphatic imine (C=N–C) groups is 1. The molecule has 2 aliphatic rings. The molecule has 1 aromatic rings. The molecule has 1 fully saturated rings. The van der Waals surface area contributed by atoms with Gasteiger partial charge in [-0.3, -0.25) is 4.31 Å². The first-order valence-electron chi connectivity index (χ1n) is 6.96. The van der Waals surface area contributed by atoms with Crippen LogP contribution in [0.5, 0.6) is 0 Å². The van der Waals surface area contributed by atoms with Crippen LogP contribution >= 0.6 is 0 Å². The van der Waals surface area contributed by atoms with E-state index in [-0.39, 0.29) is 5.92 Å². The van der Waals surface area contributed by atoms with Crippen molar-refractivity contribution in [3.05, 3.63) is 24.3 Å². The summed E-state index contributed by atoms with van der Waals surface area (Å²) in [5, 5.41) is 3.43. The fraction of sp³-hybridized carbons (Fsp3) is 0.500. The third-order valence-corrected chi connectivity index (χ3v) is 5.36. The van der Waals surface area contributed by atoms with Crippen LogP contribution in [-0.4, -0.2) is 38.2 Å². The number of hydrogen-bond donors (Lipinski definition) is 1. The zero-order chi connectivity index (χ0) is 14.2. The first kappa shape index (κ1) is 13.6. The summed E-state index contributed by atoms with van der Waals surface area (Å²) >= 11 is 0. The summed E-state index contributed by atoms with van der Waals surface area (Å²) in [6.45, 7) is 3.35. The molecule has 108 valence electrons. The summed E-state index contributed by atoms with van der Waals surface area (Å²) in [5.74, 6) is 0.252. The van der Waals surface area contributed by atoms with Crippen LogP contribution in [0, 0.1) is 5.92 Å². The van der Waals surface area contributed by atoms with Gasteiger partial charge >= 0.3 is 0 Å². The molecule has 20 heavy (non-hydrogen) atoms. The van der Waals surface area contributed by atoms with Crippen molar-refractivity contribution in [2.24, 2.45) is 10.9 Å². The summed E-state index contributed by atoms with van der Waals surface area (Å²) in [7, 11) is -3.44. The number of benzene rings is 1. The smallest absolute Gasteiger partial charge is 0.267 e. The predicted octanol–water partition coefficient (Wildman–Crippen LogP) is 1.74. The molecular weight excluding hydrogens is 274 g/mol. The van der Waals surface area contributed by atoms with Crippen molar-refractivity contribution in [3.63, 3.8) is 0 Å². The maximum Gasteiger partial charge on any atom is 0.267 e. The summed E-state index contributed by atoms with van der Waals surface area (Å²) in [4.78, 5) is 4.53. The van der Waals surface area contributed by atoms with Crippen LogP contribution in [-0.2, 0) is 10.0 Å². The highest BCUT2D eigenvalue weighted by molar-refractivity contribution is 7.89. The highest BCUT2D eigenvalue weighted by atomic mass is 32.2. The number of nitrogens with zero attached hydrogens (tertiary/aromatic N) is 2. The van der Waals surface area contributed by atoms with Crippen LogP contribution in [0.1, 0.15) is 19.8 Å². The maximum atomic E-state index is 12.5. The first-order valence-corrected chi connectivity index (χ1v) is 8.40. The minimum absolute atomic E-state index is 0.252. The van der Waals surface area contributed by atoms with Gasteiger partial charge < -0.3 is 5.32 Å². The molecule has 1 aliphatic heterocycles. The molecule has 0 amide bonds. The molecule has 1 heterocycles. The lowest BCUT2D eigenvalue weighted by Crippen LogP contribution is -2.38. The van der Waals surface area contributed by atoms with E-state index < -0.39 is 10.0 Å². The molecular formula is C14H19N3O2S. The summed E-state index contributed by atoms with van der Waals surface area (Å²) < 4.78 is 26.4. The van der Waals surface area contributed by atoms with Crippen molar-refractivity contribution in [1.29, 1.82) is 0 Å². The Hall–Kier alpha value is -1.40. The Morgan fingerprint density at radius 3 is 2.90 bits per heavy atom. The lowest BCUT2D eigenvalue weighted by Gasteiger charge is -2.26. The third-order valence-electron chi connectivity index (χ3n) is 3.60. The van der Waals surface area contributed by atoms with E-state index in [9.17, 15) is 8.42 Å². The van der Waals surface area contributed by atoms with Crippen LogP contribution in [0.25, 0.3) is 0 Å². The second kappa shape index (κ2) is 5.18. The van der Waals surface area contributed by atoms with Gasteiger partial charge in [0.05, 0.1) is 5.69 Å². The highest BCUT2D eigenvalue weighted by Crippen LogP contribution is 2.30. The van der Waals surface area contributed by atoms with E-state index in [1.807, 2.05) is 0 Å². The molecule has 0 bridgehead atoms. The van der Waals surface area contributed by atoms with Crippen molar-refractivity contribution in [2.75, 3.05) is 13.1 Å². The van der Waals surface area contributed by atoms with Gasteiger partial charge in [0.25, 0.3) is 10.0 Å². The first-order chi connectivity index (χ1) is 9.57. The molecule has 1 aromatic carbocycles. The number of rotatable bonds is 5. The molecule has 1 saturated carbocycles. The molecule has 1 unspecified atom stereocenters. The Morgan fingerprint density at radius 1 is 1.40 bits per heavy atom. The second-order valence-corrected chi connectivity index (χ2v) is 7.43. The quantitative estimate of drug-likeness (QED) is 0.899. The Kier molecular flexibility index (Phi) is 3.52. The van der Waals surface area contributed by atoms with Gasteiger partial charge in [0.1, 0.15) is 11.2 Å². The summed E-state index contributed by atoms with van der Waals surface area (Å²) in [6.07, 6.45) is 3.92. The Bertz CT molecular complexity index is 623. The molecule has 5 nitrogen and oxygen atoms in total. The SMILES string of the molecule is CC(CNC1CC1)CN1C=Nc2ccccc2S1(=O)=O. The second-order valence-electron chi connectivity index (χ2n) is 5.57. The van der Waals surface area contributed by atoms with Crippen LogP contribution in [0.3, 0.4) is 0 Å². The molecule has 3 rings (SSSR count). The molecule has 0 radical (unpaired) electrons. The lowest BCUT2D eigenvalue weighted by molar-refractivity contribution is 0.428. The van der Waals surface area contributed by atoms with E-state index >= 15 is 0 Å². The average molecular weight is 293 g/mol. The van der Waals surface area contributed by atoms with Crippen LogP contribution < -0.4 is 5.32 Å². The van der Waals surface area contributed by atoms with E-state index in [4.69, 9.17) is 0 Å². The number of hydrogen-bond acceptors (Lipinski definition) is 4. The predicted molar refractivity (Wildman–Crippen MR) is 78.7 cm³/mol. The molecule has 1 aliphatic carbocycles. The van der Waals surface area contributed by atoms with E-state index in [0.717, 1.165) is 6.54 Å². The van der Waals surface area contributed by atoms with Gasteiger partial charge in [0.15, 0.2) is 0 Å². The number of sulfonamides is 1. The third kappa shape index (κ3) is 2.71. The molecule has 0 spiro atoms. The minimum atomic E-state index is -3.44. The van der Waals surface area contributed by atoms with Crippen molar-refractivity contribution < 1.29 is 8.42 Å².